The highest BCUT2D eigenvalue weighted by atomic mass is 19.1. The second-order valence-corrected chi connectivity index (χ2v) is 8.77. The minimum atomic E-state index is -0.297. The molecule has 0 aliphatic heterocycles. The van der Waals surface area contributed by atoms with Crippen LogP contribution in [0.5, 0.6) is 0 Å². The standard InChI is InChI=1S/C28H22FN7O/c1-2-3-25(37)32-20-10-18(12-30-13-20)17-6-9-23-21(11-17)27(36-35-23)28-33-24-15-31-14-22(26(24)34-28)16-4-7-19(29)8-5-16/h4-15H,2-3H2,1H3,(H,32,37)(H,33,34)(H,35,36). The van der Waals surface area contributed by atoms with Crippen LogP contribution in [0, 0.1) is 5.82 Å². The fraction of sp³-hybridized carbons (Fsp3) is 0.107. The van der Waals surface area contributed by atoms with Gasteiger partial charge in [0.05, 0.1) is 34.6 Å². The molecule has 0 saturated carbocycles. The Morgan fingerprint density at radius 3 is 2.57 bits per heavy atom. The predicted molar refractivity (Wildman–Crippen MR) is 141 cm³/mol. The summed E-state index contributed by atoms with van der Waals surface area (Å²) in [5.74, 6) is 0.261. The molecule has 182 valence electrons. The first-order chi connectivity index (χ1) is 18.1. The molecule has 0 aliphatic carbocycles. The van der Waals surface area contributed by atoms with Crippen molar-refractivity contribution in [1.82, 2.24) is 30.1 Å². The third-order valence-corrected chi connectivity index (χ3v) is 6.17. The molecule has 6 aromatic rings. The van der Waals surface area contributed by atoms with Gasteiger partial charge in [0.15, 0.2) is 5.82 Å². The normalized spacial score (nSPS) is 11.3. The molecule has 1 amide bonds. The number of hydrogen-bond acceptors (Lipinski definition) is 5. The van der Waals surface area contributed by atoms with Crippen LogP contribution >= 0.6 is 0 Å². The minimum absolute atomic E-state index is 0.0339. The van der Waals surface area contributed by atoms with Gasteiger partial charge in [-0.1, -0.05) is 25.1 Å². The van der Waals surface area contributed by atoms with Crippen molar-refractivity contribution in [2.75, 3.05) is 5.32 Å². The van der Waals surface area contributed by atoms with Crippen LogP contribution in [0.2, 0.25) is 0 Å². The zero-order chi connectivity index (χ0) is 25.4. The van der Waals surface area contributed by atoms with Crippen molar-refractivity contribution in [3.05, 3.63) is 79.1 Å². The first-order valence-corrected chi connectivity index (χ1v) is 11.9. The maximum atomic E-state index is 13.4. The summed E-state index contributed by atoms with van der Waals surface area (Å²) in [5.41, 5.74) is 7.08. The van der Waals surface area contributed by atoms with E-state index in [1.165, 1.54) is 12.1 Å². The lowest BCUT2D eigenvalue weighted by Gasteiger charge is -2.07. The number of imidazole rings is 1. The summed E-state index contributed by atoms with van der Waals surface area (Å²) in [5, 5.41) is 11.4. The number of aromatic nitrogens is 6. The van der Waals surface area contributed by atoms with E-state index in [0.717, 1.165) is 50.6 Å². The maximum Gasteiger partial charge on any atom is 0.224 e. The number of nitrogens with zero attached hydrogens (tertiary/aromatic N) is 4. The summed E-state index contributed by atoms with van der Waals surface area (Å²) >= 11 is 0. The van der Waals surface area contributed by atoms with Gasteiger partial charge in [-0.2, -0.15) is 5.10 Å². The van der Waals surface area contributed by atoms with Gasteiger partial charge in [0, 0.05) is 35.3 Å². The van der Waals surface area contributed by atoms with Gasteiger partial charge in [-0.3, -0.25) is 19.9 Å². The van der Waals surface area contributed by atoms with Crippen LogP contribution in [0.1, 0.15) is 19.8 Å². The smallest absolute Gasteiger partial charge is 0.224 e. The summed E-state index contributed by atoms with van der Waals surface area (Å²) < 4.78 is 13.4. The number of halogens is 1. The SMILES string of the molecule is CCCC(=O)Nc1cncc(-c2ccc3[nH]nc(-c4nc5c(-c6ccc(F)cc6)cncc5[nH]4)c3c2)c1. The minimum Gasteiger partial charge on any atom is -0.335 e. The second-order valence-electron chi connectivity index (χ2n) is 8.77. The van der Waals surface area contributed by atoms with Crippen LogP contribution in [0.3, 0.4) is 0 Å². The molecule has 0 fully saturated rings. The van der Waals surface area contributed by atoms with E-state index in [4.69, 9.17) is 4.98 Å². The predicted octanol–water partition coefficient (Wildman–Crippen LogP) is 6.11. The number of anilines is 1. The second kappa shape index (κ2) is 9.27. The fourth-order valence-corrected chi connectivity index (χ4v) is 4.38. The van der Waals surface area contributed by atoms with E-state index >= 15 is 0 Å². The summed E-state index contributed by atoms with van der Waals surface area (Å²) in [6, 6.07) is 14.1. The quantitative estimate of drug-likeness (QED) is 0.260. The number of H-pyrrole nitrogens is 2. The number of amides is 1. The number of aromatic amines is 2. The molecule has 2 aromatic carbocycles. The largest absolute Gasteiger partial charge is 0.335 e. The molecular formula is C28H22FN7O. The highest BCUT2D eigenvalue weighted by molar-refractivity contribution is 5.98. The Balaban J connectivity index is 1.40. The number of carbonyl (C=O) groups excluding carboxylic acids is 1. The molecule has 37 heavy (non-hydrogen) atoms. The van der Waals surface area contributed by atoms with Crippen molar-refractivity contribution in [2.45, 2.75) is 19.8 Å². The van der Waals surface area contributed by atoms with E-state index < -0.39 is 0 Å². The molecule has 8 nitrogen and oxygen atoms in total. The highest BCUT2D eigenvalue weighted by Crippen LogP contribution is 2.33. The number of rotatable bonds is 6. The Morgan fingerprint density at radius 2 is 1.73 bits per heavy atom. The average molecular weight is 492 g/mol. The molecule has 4 aromatic heterocycles. The van der Waals surface area contributed by atoms with E-state index in [9.17, 15) is 9.18 Å². The van der Waals surface area contributed by atoms with Crippen LogP contribution in [-0.2, 0) is 4.79 Å². The Bertz CT molecular complexity index is 1750. The van der Waals surface area contributed by atoms with Crippen molar-refractivity contribution in [2.24, 2.45) is 0 Å². The topological polar surface area (TPSA) is 112 Å². The summed E-state index contributed by atoms with van der Waals surface area (Å²) in [7, 11) is 0. The van der Waals surface area contributed by atoms with Gasteiger partial charge in [0.25, 0.3) is 0 Å². The van der Waals surface area contributed by atoms with Gasteiger partial charge in [-0.25, -0.2) is 9.37 Å². The average Bonchev–Trinajstić information content (AvgIpc) is 3.53. The molecule has 0 atom stereocenters. The van der Waals surface area contributed by atoms with Crippen molar-refractivity contribution >= 4 is 33.5 Å². The highest BCUT2D eigenvalue weighted by Gasteiger charge is 2.16. The summed E-state index contributed by atoms with van der Waals surface area (Å²) in [6.45, 7) is 1.97. The first kappa shape index (κ1) is 22.5. The number of nitrogens with one attached hydrogen (secondary N) is 3. The van der Waals surface area contributed by atoms with Gasteiger partial charge >= 0.3 is 0 Å². The fourth-order valence-electron chi connectivity index (χ4n) is 4.38. The molecule has 4 heterocycles. The zero-order valence-electron chi connectivity index (χ0n) is 19.9. The lowest BCUT2D eigenvalue weighted by molar-refractivity contribution is -0.116. The first-order valence-electron chi connectivity index (χ1n) is 11.9. The van der Waals surface area contributed by atoms with Crippen LogP contribution < -0.4 is 5.32 Å². The van der Waals surface area contributed by atoms with Crippen molar-refractivity contribution in [3.63, 3.8) is 0 Å². The molecule has 0 radical (unpaired) electrons. The number of hydrogen-bond donors (Lipinski definition) is 3. The maximum absolute atomic E-state index is 13.4. The molecule has 0 unspecified atom stereocenters. The molecule has 9 heteroatoms. The molecule has 0 spiro atoms. The van der Waals surface area contributed by atoms with Gasteiger partial charge in [-0.15, -0.1) is 0 Å². The van der Waals surface area contributed by atoms with E-state index in [-0.39, 0.29) is 11.7 Å². The van der Waals surface area contributed by atoms with Gasteiger partial charge in [-0.05, 0) is 47.9 Å². The van der Waals surface area contributed by atoms with Gasteiger partial charge in [0.2, 0.25) is 5.91 Å². The molecule has 3 N–H and O–H groups in total. The van der Waals surface area contributed by atoms with Gasteiger partial charge in [0.1, 0.15) is 11.5 Å². The van der Waals surface area contributed by atoms with Crippen LogP contribution in [0.25, 0.3) is 55.7 Å². The van der Waals surface area contributed by atoms with Gasteiger partial charge < -0.3 is 10.3 Å². The van der Waals surface area contributed by atoms with Crippen molar-refractivity contribution in [3.8, 4) is 33.8 Å². The Kier molecular flexibility index (Phi) is 5.65. The third kappa shape index (κ3) is 4.31. The van der Waals surface area contributed by atoms with E-state index in [2.05, 4.69) is 30.5 Å². The van der Waals surface area contributed by atoms with Crippen molar-refractivity contribution in [1.29, 1.82) is 0 Å². The molecular weight excluding hydrogens is 469 g/mol. The van der Waals surface area contributed by atoms with E-state index in [1.54, 1.807) is 36.9 Å². The van der Waals surface area contributed by atoms with E-state index in [0.29, 0.717) is 23.6 Å². The molecule has 6 rings (SSSR count). The zero-order valence-corrected chi connectivity index (χ0v) is 19.9. The Hall–Kier alpha value is -4.92. The summed E-state index contributed by atoms with van der Waals surface area (Å²) in [4.78, 5) is 28.8. The van der Waals surface area contributed by atoms with Crippen molar-refractivity contribution < 1.29 is 9.18 Å². The number of fused-ring (bicyclic) bond motifs is 2. The number of carbonyl (C=O) groups is 1. The molecule has 0 aliphatic rings. The Labute approximate surface area is 211 Å². The van der Waals surface area contributed by atoms with Crippen LogP contribution in [0.4, 0.5) is 10.1 Å². The summed E-state index contributed by atoms with van der Waals surface area (Å²) in [6.07, 6.45) is 8.08. The Morgan fingerprint density at radius 1 is 0.919 bits per heavy atom. The lowest BCUT2D eigenvalue weighted by Crippen LogP contribution is -2.10. The lowest BCUT2D eigenvalue weighted by atomic mass is 10.0. The third-order valence-electron chi connectivity index (χ3n) is 6.17. The van der Waals surface area contributed by atoms with Crippen LogP contribution in [-0.4, -0.2) is 36.0 Å². The number of benzene rings is 2. The van der Waals surface area contributed by atoms with Crippen LogP contribution in [0.15, 0.2) is 73.3 Å². The van der Waals surface area contributed by atoms with E-state index in [1.807, 2.05) is 31.2 Å². The molecule has 0 saturated heterocycles. The molecule has 0 bridgehead atoms. The number of pyridine rings is 2. The monoisotopic (exact) mass is 491 g/mol.